The van der Waals surface area contributed by atoms with Gasteiger partial charge in [0.15, 0.2) is 17.3 Å². The van der Waals surface area contributed by atoms with Gasteiger partial charge in [-0.3, -0.25) is 9.69 Å². The summed E-state index contributed by atoms with van der Waals surface area (Å²) in [5.41, 5.74) is 5.12. The number of aryl methyl sites for hydroxylation is 2. The maximum Gasteiger partial charge on any atom is 0.298 e. The molecule has 0 bridgehead atoms. The molecule has 2 aliphatic heterocycles. The van der Waals surface area contributed by atoms with Crippen LogP contribution in [0.1, 0.15) is 38.4 Å². The van der Waals surface area contributed by atoms with Gasteiger partial charge < -0.3 is 19.1 Å². The fraction of sp³-hybridized carbons (Fsp3) is 0.300. The summed E-state index contributed by atoms with van der Waals surface area (Å²) in [6.07, 6.45) is 0.651. The first-order valence-electron chi connectivity index (χ1n) is 13.1. The van der Waals surface area contributed by atoms with Gasteiger partial charge in [0.1, 0.15) is 5.75 Å². The predicted octanol–water partition coefficient (Wildman–Crippen LogP) is 5.22. The van der Waals surface area contributed by atoms with Crippen LogP contribution in [0.2, 0.25) is 0 Å². The molecule has 200 valence electrons. The van der Waals surface area contributed by atoms with Gasteiger partial charge in [0.2, 0.25) is 6.79 Å². The van der Waals surface area contributed by atoms with E-state index in [-0.39, 0.29) is 12.7 Å². The van der Waals surface area contributed by atoms with E-state index in [1.165, 1.54) is 22.7 Å². The van der Waals surface area contributed by atoms with Crippen molar-refractivity contribution < 1.29 is 19.0 Å². The molecule has 1 amide bonds. The van der Waals surface area contributed by atoms with Gasteiger partial charge in [-0.25, -0.2) is 0 Å². The molecule has 9 heteroatoms. The van der Waals surface area contributed by atoms with Crippen molar-refractivity contribution in [2.75, 3.05) is 33.0 Å². The van der Waals surface area contributed by atoms with Crippen molar-refractivity contribution in [2.45, 2.75) is 26.8 Å². The molecule has 0 N–H and O–H groups in total. The predicted molar refractivity (Wildman–Crippen MR) is 149 cm³/mol. The minimum atomic E-state index is 0.0138. The maximum absolute atomic E-state index is 13.3. The molecule has 1 saturated heterocycles. The third-order valence-corrected chi connectivity index (χ3v) is 7.70. The summed E-state index contributed by atoms with van der Waals surface area (Å²) in [6, 6.07) is 20.0. The van der Waals surface area contributed by atoms with Crippen molar-refractivity contribution >= 4 is 17.4 Å². The maximum atomic E-state index is 13.3. The van der Waals surface area contributed by atoms with Crippen molar-refractivity contribution in [3.63, 3.8) is 0 Å². The fourth-order valence-electron chi connectivity index (χ4n) is 4.77. The van der Waals surface area contributed by atoms with Gasteiger partial charge >= 0.3 is 0 Å². The monoisotopic (exact) mass is 542 g/mol. The molecule has 0 atom stereocenters. The molecule has 0 radical (unpaired) electrons. The van der Waals surface area contributed by atoms with Crippen LogP contribution >= 0.6 is 11.5 Å². The van der Waals surface area contributed by atoms with Gasteiger partial charge in [0, 0.05) is 56.2 Å². The Kier molecular flexibility index (Phi) is 7.17. The summed E-state index contributed by atoms with van der Waals surface area (Å²) in [4.78, 5) is 22.2. The van der Waals surface area contributed by atoms with E-state index in [0.717, 1.165) is 48.1 Å². The highest BCUT2D eigenvalue weighted by Gasteiger charge is 2.24. The van der Waals surface area contributed by atoms with Gasteiger partial charge in [-0.05, 0) is 54.8 Å². The van der Waals surface area contributed by atoms with Crippen molar-refractivity contribution in [3.8, 4) is 22.4 Å². The highest BCUT2D eigenvalue weighted by atomic mass is 32.1. The Labute approximate surface area is 231 Å². The summed E-state index contributed by atoms with van der Waals surface area (Å²) >= 11 is 1.23. The highest BCUT2D eigenvalue weighted by Crippen LogP contribution is 2.33. The molecule has 8 nitrogen and oxygen atoms in total. The highest BCUT2D eigenvalue weighted by molar-refractivity contribution is 7.07. The summed E-state index contributed by atoms with van der Waals surface area (Å²) in [5, 5.41) is 0.474. The van der Waals surface area contributed by atoms with Crippen LogP contribution in [0, 0.1) is 13.8 Å². The van der Waals surface area contributed by atoms with Crippen LogP contribution < -0.4 is 14.2 Å². The Morgan fingerprint density at radius 3 is 2.51 bits per heavy atom. The molecular formula is C30H30N4O4S. The van der Waals surface area contributed by atoms with Crippen LogP contribution in [0.4, 0.5) is 0 Å². The molecule has 39 heavy (non-hydrogen) atoms. The number of rotatable bonds is 7. The average Bonchev–Trinajstić information content (AvgIpc) is 3.60. The van der Waals surface area contributed by atoms with Gasteiger partial charge in [-0.2, -0.15) is 9.36 Å². The van der Waals surface area contributed by atoms with Crippen molar-refractivity contribution in [3.05, 3.63) is 94.3 Å². The Morgan fingerprint density at radius 2 is 1.69 bits per heavy atom. The van der Waals surface area contributed by atoms with Crippen LogP contribution in [0.5, 0.6) is 22.4 Å². The number of nitrogens with zero attached hydrogens (tertiary/aromatic N) is 4. The molecule has 0 unspecified atom stereocenters. The third-order valence-electron chi connectivity index (χ3n) is 7.07. The number of benzene rings is 3. The molecule has 2 aliphatic rings. The molecule has 0 saturated carbocycles. The van der Waals surface area contributed by atoms with Crippen LogP contribution in [-0.4, -0.2) is 58.0 Å². The number of carbonyl (C=O) groups is 1. The normalized spacial score (nSPS) is 15.0. The number of ether oxygens (including phenoxy) is 3. The average molecular weight is 543 g/mol. The molecule has 3 aromatic carbocycles. The molecule has 0 aliphatic carbocycles. The van der Waals surface area contributed by atoms with Crippen LogP contribution in [0.25, 0.3) is 0 Å². The van der Waals surface area contributed by atoms with Crippen LogP contribution in [0.15, 0.2) is 60.7 Å². The Morgan fingerprint density at radius 1 is 0.923 bits per heavy atom. The quantitative estimate of drug-likeness (QED) is 0.317. The molecule has 4 aromatic rings. The largest absolute Gasteiger partial charge is 0.454 e. The van der Waals surface area contributed by atoms with Crippen molar-refractivity contribution in [2.24, 2.45) is 0 Å². The van der Waals surface area contributed by atoms with Gasteiger partial charge in [-0.15, -0.1) is 0 Å². The second-order valence-corrected chi connectivity index (χ2v) is 10.7. The summed E-state index contributed by atoms with van der Waals surface area (Å²) in [6.45, 7) is 8.09. The molecule has 0 spiro atoms. The zero-order chi connectivity index (χ0) is 26.8. The lowest BCUT2D eigenvalue weighted by Gasteiger charge is -2.35. The second-order valence-electron chi connectivity index (χ2n) is 9.98. The van der Waals surface area contributed by atoms with E-state index in [1.54, 1.807) is 0 Å². The number of carbonyl (C=O) groups excluding carboxylic acids is 1. The second kappa shape index (κ2) is 11.0. The molecule has 6 rings (SSSR count). The minimum Gasteiger partial charge on any atom is -0.454 e. The lowest BCUT2D eigenvalue weighted by Crippen LogP contribution is -2.48. The minimum absolute atomic E-state index is 0.0138. The summed E-state index contributed by atoms with van der Waals surface area (Å²) in [7, 11) is 0. The first kappa shape index (κ1) is 25.3. The first-order chi connectivity index (χ1) is 19.0. The Hall–Kier alpha value is -3.95. The lowest BCUT2D eigenvalue weighted by molar-refractivity contribution is 0.0628. The van der Waals surface area contributed by atoms with E-state index in [1.807, 2.05) is 42.2 Å². The van der Waals surface area contributed by atoms with E-state index in [4.69, 9.17) is 14.2 Å². The van der Waals surface area contributed by atoms with E-state index < -0.39 is 0 Å². The SMILES string of the molecule is Cc1ccc(Cc2nsc(Oc3cc(C(=O)N4CCN(Cc5ccc6c(c5)OCO6)CC4)ccc3C)n2)cc1. The number of piperazine rings is 1. The molecule has 1 fully saturated rings. The Balaban J connectivity index is 1.06. The van der Waals surface area contributed by atoms with Gasteiger partial charge in [0.25, 0.3) is 11.1 Å². The number of hydrogen-bond donors (Lipinski definition) is 0. The fourth-order valence-corrected chi connectivity index (χ4v) is 5.33. The van der Waals surface area contributed by atoms with Gasteiger partial charge in [-0.1, -0.05) is 42.0 Å². The number of hydrogen-bond acceptors (Lipinski definition) is 8. The Bertz CT molecular complexity index is 1480. The standard InChI is InChI=1S/C30H30N4O4S/c1-20-3-6-22(7-4-20)16-28-31-30(39-32-28)38-26-17-24(9-5-21(26)2)29(35)34-13-11-33(12-14-34)18-23-8-10-25-27(15-23)37-19-36-25/h3-10,15,17H,11-14,16,18-19H2,1-2H3. The number of aromatic nitrogens is 2. The van der Waals surface area contributed by atoms with Crippen molar-refractivity contribution in [1.29, 1.82) is 0 Å². The van der Waals surface area contributed by atoms with E-state index in [2.05, 4.69) is 51.5 Å². The molecular weight excluding hydrogens is 512 g/mol. The van der Waals surface area contributed by atoms with Crippen molar-refractivity contribution in [1.82, 2.24) is 19.2 Å². The van der Waals surface area contributed by atoms with E-state index in [0.29, 0.717) is 36.0 Å². The zero-order valence-electron chi connectivity index (χ0n) is 22.1. The van der Waals surface area contributed by atoms with Crippen LogP contribution in [0.3, 0.4) is 0 Å². The van der Waals surface area contributed by atoms with E-state index in [9.17, 15) is 4.79 Å². The molecule has 3 heterocycles. The summed E-state index contributed by atoms with van der Waals surface area (Å²) in [5.74, 6) is 2.96. The summed E-state index contributed by atoms with van der Waals surface area (Å²) < 4.78 is 21.4. The zero-order valence-corrected chi connectivity index (χ0v) is 22.9. The number of fused-ring (bicyclic) bond motifs is 1. The first-order valence-corrected chi connectivity index (χ1v) is 13.8. The third kappa shape index (κ3) is 5.89. The number of amides is 1. The molecule has 1 aromatic heterocycles. The smallest absolute Gasteiger partial charge is 0.298 e. The topological polar surface area (TPSA) is 77.0 Å². The van der Waals surface area contributed by atoms with Crippen LogP contribution in [-0.2, 0) is 13.0 Å². The van der Waals surface area contributed by atoms with E-state index >= 15 is 0 Å². The lowest BCUT2D eigenvalue weighted by atomic mass is 10.1. The van der Waals surface area contributed by atoms with Gasteiger partial charge in [0.05, 0.1) is 0 Å².